The molecule has 0 aromatic rings. The third kappa shape index (κ3) is 6.24. The van der Waals surface area contributed by atoms with E-state index in [1.807, 2.05) is 6.92 Å². The lowest BCUT2D eigenvalue weighted by molar-refractivity contribution is -0.174. The highest BCUT2D eigenvalue weighted by Crippen LogP contribution is 2.36. The van der Waals surface area contributed by atoms with Gasteiger partial charge in [0.25, 0.3) is 0 Å². The van der Waals surface area contributed by atoms with E-state index in [9.17, 15) is 14.7 Å². The number of ether oxygens (including phenoxy) is 3. The first-order valence-corrected chi connectivity index (χ1v) is 8.60. The lowest BCUT2D eigenvalue weighted by Gasteiger charge is -2.31. The lowest BCUT2D eigenvalue weighted by atomic mass is 9.97. The maximum absolute atomic E-state index is 12.3. The Balaban J connectivity index is 2.67. The normalized spacial score (nSPS) is 18.7. The van der Waals surface area contributed by atoms with Crippen LogP contribution in [0.25, 0.3) is 0 Å². The molecule has 1 saturated carbocycles. The van der Waals surface area contributed by atoms with Gasteiger partial charge in [-0.15, -0.1) is 0 Å². The first-order chi connectivity index (χ1) is 11.3. The van der Waals surface area contributed by atoms with Crippen LogP contribution in [0.1, 0.15) is 59.3 Å². The Morgan fingerprint density at radius 2 is 1.83 bits per heavy atom. The topological polar surface area (TPSA) is 82.1 Å². The summed E-state index contributed by atoms with van der Waals surface area (Å²) in [5, 5.41) is 10.6. The van der Waals surface area contributed by atoms with Gasteiger partial charge in [0.2, 0.25) is 0 Å². The van der Waals surface area contributed by atoms with Crippen LogP contribution >= 0.6 is 0 Å². The smallest absolute Gasteiger partial charge is 0.333 e. The molecule has 0 heterocycles. The third-order valence-corrected chi connectivity index (χ3v) is 4.36. The summed E-state index contributed by atoms with van der Waals surface area (Å²) in [5.74, 6) is -1.11. The molecular weight excluding hydrogens is 312 g/mol. The average molecular weight is 342 g/mol. The van der Waals surface area contributed by atoms with Crippen molar-refractivity contribution in [2.45, 2.75) is 70.5 Å². The average Bonchev–Trinajstić information content (AvgIpc) is 2.99. The van der Waals surface area contributed by atoms with Crippen molar-refractivity contribution in [3.05, 3.63) is 12.2 Å². The molecule has 138 valence electrons. The molecule has 0 bridgehead atoms. The second-order valence-corrected chi connectivity index (χ2v) is 6.61. The van der Waals surface area contributed by atoms with Gasteiger partial charge in [0.15, 0.2) is 0 Å². The van der Waals surface area contributed by atoms with Gasteiger partial charge >= 0.3 is 11.9 Å². The van der Waals surface area contributed by atoms with Gasteiger partial charge in [-0.3, -0.25) is 4.79 Å². The second kappa shape index (κ2) is 9.18. The number of aliphatic hydroxyl groups is 1. The molecule has 0 aromatic carbocycles. The number of esters is 2. The minimum atomic E-state index is -1.61. The van der Waals surface area contributed by atoms with Crippen LogP contribution in [-0.2, 0) is 23.8 Å². The van der Waals surface area contributed by atoms with Crippen molar-refractivity contribution in [3.63, 3.8) is 0 Å². The van der Waals surface area contributed by atoms with Crippen molar-refractivity contribution >= 4 is 11.9 Å². The minimum Gasteiger partial charge on any atom is -0.459 e. The van der Waals surface area contributed by atoms with E-state index in [-0.39, 0.29) is 25.2 Å². The molecule has 1 unspecified atom stereocenters. The summed E-state index contributed by atoms with van der Waals surface area (Å²) in [6.45, 7) is 8.72. The molecule has 1 aliphatic rings. The third-order valence-electron chi connectivity index (χ3n) is 4.36. The van der Waals surface area contributed by atoms with Crippen molar-refractivity contribution in [2.24, 2.45) is 0 Å². The second-order valence-electron chi connectivity index (χ2n) is 6.61. The van der Waals surface area contributed by atoms with Gasteiger partial charge in [-0.2, -0.15) is 0 Å². The SMILES string of the molecule is C=C(C)C(=O)OCC(O)(COCC)CC(=O)OC1(CC)CCCC1. The van der Waals surface area contributed by atoms with Gasteiger partial charge in [-0.25, -0.2) is 4.79 Å². The van der Waals surface area contributed by atoms with Crippen LogP contribution in [0.5, 0.6) is 0 Å². The fourth-order valence-corrected chi connectivity index (χ4v) is 2.85. The van der Waals surface area contributed by atoms with Gasteiger partial charge < -0.3 is 19.3 Å². The van der Waals surface area contributed by atoms with E-state index in [0.29, 0.717) is 6.61 Å². The van der Waals surface area contributed by atoms with Gasteiger partial charge in [0, 0.05) is 12.2 Å². The highest BCUT2D eigenvalue weighted by Gasteiger charge is 2.39. The van der Waals surface area contributed by atoms with Crippen molar-refractivity contribution in [2.75, 3.05) is 19.8 Å². The Morgan fingerprint density at radius 3 is 2.33 bits per heavy atom. The van der Waals surface area contributed by atoms with Crippen LogP contribution < -0.4 is 0 Å². The lowest BCUT2D eigenvalue weighted by Crippen LogP contribution is -2.44. The van der Waals surface area contributed by atoms with Gasteiger partial charge in [0.05, 0.1) is 13.0 Å². The number of hydrogen-bond acceptors (Lipinski definition) is 6. The summed E-state index contributed by atoms with van der Waals surface area (Å²) < 4.78 is 15.9. The molecule has 1 fully saturated rings. The van der Waals surface area contributed by atoms with Crippen LogP contribution in [0.3, 0.4) is 0 Å². The molecule has 0 saturated heterocycles. The summed E-state index contributed by atoms with van der Waals surface area (Å²) in [5.41, 5.74) is -1.80. The molecule has 0 amide bonds. The fourth-order valence-electron chi connectivity index (χ4n) is 2.85. The Hall–Kier alpha value is -1.40. The molecule has 1 aliphatic carbocycles. The summed E-state index contributed by atoms with van der Waals surface area (Å²) in [7, 11) is 0. The van der Waals surface area contributed by atoms with E-state index >= 15 is 0 Å². The molecule has 0 aliphatic heterocycles. The zero-order chi connectivity index (χ0) is 18.2. The predicted molar refractivity (Wildman–Crippen MR) is 89.4 cm³/mol. The van der Waals surface area contributed by atoms with Gasteiger partial charge in [-0.1, -0.05) is 13.5 Å². The van der Waals surface area contributed by atoms with Crippen molar-refractivity contribution in [3.8, 4) is 0 Å². The molecule has 6 nitrogen and oxygen atoms in total. The molecule has 6 heteroatoms. The summed E-state index contributed by atoms with van der Waals surface area (Å²) >= 11 is 0. The highest BCUT2D eigenvalue weighted by molar-refractivity contribution is 5.87. The summed E-state index contributed by atoms with van der Waals surface area (Å²) in [6, 6.07) is 0. The molecule has 0 radical (unpaired) electrons. The van der Waals surface area contributed by atoms with E-state index < -0.39 is 23.1 Å². The minimum absolute atomic E-state index is 0.110. The van der Waals surface area contributed by atoms with Crippen molar-refractivity contribution < 1.29 is 28.9 Å². The van der Waals surface area contributed by atoms with E-state index in [1.165, 1.54) is 6.92 Å². The number of hydrogen-bond donors (Lipinski definition) is 1. The molecule has 1 rings (SSSR count). The number of rotatable bonds is 10. The molecule has 1 atom stereocenters. The van der Waals surface area contributed by atoms with Crippen LogP contribution in [0, 0.1) is 0 Å². The monoisotopic (exact) mass is 342 g/mol. The van der Waals surface area contributed by atoms with Crippen LogP contribution in [-0.4, -0.2) is 48.1 Å². The zero-order valence-corrected chi connectivity index (χ0v) is 15.1. The standard InChI is InChI=1S/C18H30O6/c1-5-18(9-7-8-10-18)24-15(19)11-17(21,12-22-6-2)13-23-16(20)14(3)4/h21H,3,5-13H2,1-2,4H3. The Bertz CT molecular complexity index is 452. The van der Waals surface area contributed by atoms with Crippen LogP contribution in [0.15, 0.2) is 12.2 Å². The molecule has 0 spiro atoms. The summed E-state index contributed by atoms with van der Waals surface area (Å²) in [6.07, 6.45) is 4.26. The van der Waals surface area contributed by atoms with Gasteiger partial charge in [-0.05, 0) is 46.0 Å². The van der Waals surface area contributed by atoms with Crippen molar-refractivity contribution in [1.82, 2.24) is 0 Å². The first kappa shape index (κ1) is 20.6. The Kier molecular flexibility index (Phi) is 7.90. The van der Waals surface area contributed by atoms with Crippen LogP contribution in [0.2, 0.25) is 0 Å². The van der Waals surface area contributed by atoms with Crippen LogP contribution in [0.4, 0.5) is 0 Å². The fraction of sp³-hybridized carbons (Fsp3) is 0.778. The first-order valence-electron chi connectivity index (χ1n) is 8.60. The molecule has 0 aromatic heterocycles. The van der Waals surface area contributed by atoms with Crippen molar-refractivity contribution in [1.29, 1.82) is 0 Å². The van der Waals surface area contributed by atoms with E-state index in [2.05, 4.69) is 6.58 Å². The van der Waals surface area contributed by atoms with E-state index in [4.69, 9.17) is 14.2 Å². The summed E-state index contributed by atoms with van der Waals surface area (Å²) in [4.78, 5) is 23.9. The number of carbonyl (C=O) groups is 2. The number of carbonyl (C=O) groups excluding carboxylic acids is 2. The zero-order valence-electron chi connectivity index (χ0n) is 15.1. The Morgan fingerprint density at radius 1 is 1.21 bits per heavy atom. The van der Waals surface area contributed by atoms with Gasteiger partial charge in [0.1, 0.15) is 17.8 Å². The quantitative estimate of drug-likeness (QED) is 0.485. The maximum atomic E-state index is 12.3. The molecule has 1 N–H and O–H groups in total. The molecular formula is C18H30O6. The van der Waals surface area contributed by atoms with E-state index in [0.717, 1.165) is 32.1 Å². The maximum Gasteiger partial charge on any atom is 0.333 e. The highest BCUT2D eigenvalue weighted by atomic mass is 16.6. The Labute approximate surface area is 144 Å². The van der Waals surface area contributed by atoms with E-state index in [1.54, 1.807) is 6.92 Å². The predicted octanol–water partition coefficient (Wildman–Crippen LogP) is 2.53. The molecule has 24 heavy (non-hydrogen) atoms. The largest absolute Gasteiger partial charge is 0.459 e.